The van der Waals surface area contributed by atoms with Gasteiger partial charge in [-0.1, -0.05) is 30.3 Å². The topological polar surface area (TPSA) is 109 Å². The number of amides is 2. The van der Waals surface area contributed by atoms with Crippen LogP contribution in [0.5, 0.6) is 11.5 Å². The summed E-state index contributed by atoms with van der Waals surface area (Å²) in [6.07, 6.45) is 4.34. The van der Waals surface area contributed by atoms with Gasteiger partial charge in [0.1, 0.15) is 22.6 Å². The minimum atomic E-state index is -0.961. The SMILES string of the molecule is CNC(=O)c1c(C)oc2cc(Oc3ccnn4cc(C(=O)N5CCC(O)(Cc6ccccc6)C5)c(C)c34)ccc12. The van der Waals surface area contributed by atoms with E-state index in [1.165, 1.54) is 0 Å². The smallest absolute Gasteiger partial charge is 0.255 e. The largest absolute Gasteiger partial charge is 0.460 e. The van der Waals surface area contributed by atoms with E-state index in [9.17, 15) is 14.7 Å². The molecule has 1 saturated heterocycles. The minimum Gasteiger partial charge on any atom is -0.460 e. The minimum absolute atomic E-state index is 0.146. The summed E-state index contributed by atoms with van der Waals surface area (Å²) in [6, 6.07) is 16.9. The van der Waals surface area contributed by atoms with Crippen molar-refractivity contribution in [3.63, 3.8) is 0 Å². The van der Waals surface area contributed by atoms with Gasteiger partial charge in [-0.3, -0.25) is 9.59 Å². The highest BCUT2D eigenvalue weighted by Crippen LogP contribution is 2.35. The lowest BCUT2D eigenvalue weighted by Gasteiger charge is -2.23. The lowest BCUT2D eigenvalue weighted by atomic mass is 9.94. The van der Waals surface area contributed by atoms with Crippen LogP contribution in [0.2, 0.25) is 0 Å². The molecule has 40 heavy (non-hydrogen) atoms. The lowest BCUT2D eigenvalue weighted by Crippen LogP contribution is -2.37. The molecule has 204 valence electrons. The van der Waals surface area contributed by atoms with Crippen molar-refractivity contribution < 1.29 is 23.8 Å². The van der Waals surface area contributed by atoms with E-state index in [-0.39, 0.29) is 18.4 Å². The van der Waals surface area contributed by atoms with Crippen molar-refractivity contribution in [2.24, 2.45) is 0 Å². The van der Waals surface area contributed by atoms with Crippen LogP contribution >= 0.6 is 0 Å². The molecule has 0 aliphatic carbocycles. The number of rotatable bonds is 6. The molecule has 2 amide bonds. The van der Waals surface area contributed by atoms with Crippen molar-refractivity contribution >= 4 is 28.3 Å². The number of benzene rings is 2. The van der Waals surface area contributed by atoms with E-state index in [0.29, 0.717) is 64.3 Å². The van der Waals surface area contributed by atoms with Crippen LogP contribution in [0.25, 0.3) is 16.5 Å². The molecule has 3 aromatic heterocycles. The molecule has 1 unspecified atom stereocenters. The molecule has 1 atom stereocenters. The van der Waals surface area contributed by atoms with Crippen molar-refractivity contribution in [3.8, 4) is 11.5 Å². The Morgan fingerprint density at radius 2 is 1.95 bits per heavy atom. The molecular weight excluding hydrogens is 508 g/mol. The Labute approximate surface area is 231 Å². The molecule has 0 saturated carbocycles. The average molecular weight is 539 g/mol. The number of aliphatic hydroxyl groups is 1. The van der Waals surface area contributed by atoms with Gasteiger partial charge < -0.3 is 24.5 Å². The Balaban J connectivity index is 1.26. The number of hydrogen-bond acceptors (Lipinski definition) is 6. The van der Waals surface area contributed by atoms with E-state index in [1.807, 2.05) is 37.3 Å². The van der Waals surface area contributed by atoms with E-state index < -0.39 is 5.60 Å². The molecule has 2 aromatic carbocycles. The summed E-state index contributed by atoms with van der Waals surface area (Å²) < 4.78 is 13.7. The van der Waals surface area contributed by atoms with E-state index in [4.69, 9.17) is 9.15 Å². The standard InChI is InChI=1S/C31H30N4O5/c1-19-24(30(37)34-14-12-31(38,18-34)16-21-7-5-4-6-8-21)17-35-28(19)25(11-13-33-35)40-22-9-10-23-26(15-22)39-20(2)27(23)29(36)32-3/h4-11,13,15,17,38H,12,14,16,18H2,1-3H3,(H,32,36). The normalized spacial score (nSPS) is 17.1. The van der Waals surface area contributed by atoms with Gasteiger partial charge in [-0.25, -0.2) is 4.52 Å². The summed E-state index contributed by atoms with van der Waals surface area (Å²) in [5.41, 5.74) is 3.05. The summed E-state index contributed by atoms with van der Waals surface area (Å²) in [5, 5.41) is 19.0. The molecule has 1 aliphatic heterocycles. The third-order valence-corrected chi connectivity index (χ3v) is 7.64. The third kappa shape index (κ3) is 4.48. The highest BCUT2D eigenvalue weighted by molar-refractivity contribution is 6.07. The average Bonchev–Trinajstić information content (AvgIpc) is 3.60. The molecule has 5 aromatic rings. The molecular formula is C31H30N4O5. The van der Waals surface area contributed by atoms with Crippen LogP contribution in [-0.4, -0.2) is 57.2 Å². The Hall–Kier alpha value is -4.63. The first kappa shape index (κ1) is 25.6. The first-order chi connectivity index (χ1) is 19.3. The molecule has 1 fully saturated rings. The first-order valence-electron chi connectivity index (χ1n) is 13.2. The van der Waals surface area contributed by atoms with Crippen LogP contribution in [0.4, 0.5) is 0 Å². The predicted molar refractivity (Wildman–Crippen MR) is 150 cm³/mol. The highest BCUT2D eigenvalue weighted by Gasteiger charge is 2.39. The molecule has 0 bridgehead atoms. The second-order valence-electron chi connectivity index (χ2n) is 10.4. The van der Waals surface area contributed by atoms with E-state index in [2.05, 4.69) is 10.4 Å². The molecule has 4 heterocycles. The van der Waals surface area contributed by atoms with E-state index in [1.54, 1.807) is 60.0 Å². The summed E-state index contributed by atoms with van der Waals surface area (Å²) in [6.45, 7) is 4.37. The van der Waals surface area contributed by atoms with Crippen LogP contribution in [0, 0.1) is 13.8 Å². The number of carbonyl (C=O) groups is 2. The second kappa shape index (κ2) is 9.84. The highest BCUT2D eigenvalue weighted by atomic mass is 16.5. The number of furan rings is 1. The van der Waals surface area contributed by atoms with Gasteiger partial charge in [-0.15, -0.1) is 0 Å². The second-order valence-corrected chi connectivity index (χ2v) is 10.4. The van der Waals surface area contributed by atoms with Gasteiger partial charge >= 0.3 is 0 Å². The van der Waals surface area contributed by atoms with E-state index in [0.717, 1.165) is 11.1 Å². The summed E-state index contributed by atoms with van der Waals surface area (Å²) >= 11 is 0. The van der Waals surface area contributed by atoms with Crippen molar-refractivity contribution in [2.75, 3.05) is 20.1 Å². The zero-order valence-corrected chi connectivity index (χ0v) is 22.6. The quantitative estimate of drug-likeness (QED) is 0.325. The van der Waals surface area contributed by atoms with Crippen molar-refractivity contribution in [1.29, 1.82) is 0 Å². The molecule has 9 heteroatoms. The number of β-amino-alcohol motifs (C(OH)–C–C–N with tert-alkyl or cyclic N) is 1. The van der Waals surface area contributed by atoms with Gasteiger partial charge in [0.05, 0.1) is 29.5 Å². The van der Waals surface area contributed by atoms with Gasteiger partial charge in [-0.2, -0.15) is 5.10 Å². The number of likely N-dealkylation sites (tertiary alicyclic amines) is 1. The summed E-state index contributed by atoms with van der Waals surface area (Å²) in [4.78, 5) is 27.6. The number of aryl methyl sites for hydroxylation is 2. The molecule has 0 spiro atoms. The predicted octanol–water partition coefficient (Wildman–Crippen LogP) is 4.67. The third-order valence-electron chi connectivity index (χ3n) is 7.64. The number of fused-ring (bicyclic) bond motifs is 2. The maximum Gasteiger partial charge on any atom is 0.255 e. The number of carbonyl (C=O) groups excluding carboxylic acids is 2. The Kier molecular flexibility index (Phi) is 6.31. The molecule has 1 aliphatic rings. The molecule has 9 nitrogen and oxygen atoms in total. The Bertz CT molecular complexity index is 1760. The number of ether oxygens (including phenoxy) is 1. The van der Waals surface area contributed by atoms with Crippen molar-refractivity contribution in [1.82, 2.24) is 19.8 Å². The number of nitrogens with one attached hydrogen (secondary N) is 1. The van der Waals surface area contributed by atoms with Gasteiger partial charge in [0.2, 0.25) is 0 Å². The fourth-order valence-electron chi connectivity index (χ4n) is 5.64. The van der Waals surface area contributed by atoms with Crippen LogP contribution in [0.15, 0.2) is 71.4 Å². The maximum atomic E-state index is 13.6. The summed E-state index contributed by atoms with van der Waals surface area (Å²) in [5.74, 6) is 1.23. The number of nitrogens with zero attached hydrogens (tertiary/aromatic N) is 3. The van der Waals surface area contributed by atoms with Crippen molar-refractivity contribution in [3.05, 3.63) is 95.0 Å². The Morgan fingerprint density at radius 3 is 2.73 bits per heavy atom. The van der Waals surface area contributed by atoms with Gasteiger partial charge in [-0.05, 0) is 43.5 Å². The number of hydrogen-bond donors (Lipinski definition) is 2. The number of aromatic nitrogens is 2. The fourth-order valence-corrected chi connectivity index (χ4v) is 5.64. The van der Waals surface area contributed by atoms with Crippen LogP contribution in [0.3, 0.4) is 0 Å². The van der Waals surface area contributed by atoms with Gasteiger partial charge in [0, 0.05) is 43.7 Å². The van der Waals surface area contributed by atoms with Crippen LogP contribution in [-0.2, 0) is 6.42 Å². The monoisotopic (exact) mass is 538 g/mol. The fraction of sp³-hybridized carbons (Fsp3) is 0.258. The first-order valence-corrected chi connectivity index (χ1v) is 13.2. The van der Waals surface area contributed by atoms with Crippen LogP contribution in [0.1, 0.15) is 44.0 Å². The molecule has 6 rings (SSSR count). The zero-order valence-electron chi connectivity index (χ0n) is 22.6. The van der Waals surface area contributed by atoms with Gasteiger partial charge in [0.25, 0.3) is 11.8 Å². The van der Waals surface area contributed by atoms with Crippen molar-refractivity contribution in [2.45, 2.75) is 32.3 Å². The lowest BCUT2D eigenvalue weighted by molar-refractivity contribution is 0.0445. The van der Waals surface area contributed by atoms with E-state index >= 15 is 0 Å². The Morgan fingerprint density at radius 1 is 1.15 bits per heavy atom. The summed E-state index contributed by atoms with van der Waals surface area (Å²) in [7, 11) is 1.58. The molecule has 2 N–H and O–H groups in total. The van der Waals surface area contributed by atoms with Crippen LogP contribution < -0.4 is 10.1 Å². The van der Waals surface area contributed by atoms with Gasteiger partial charge in [0.15, 0.2) is 5.75 Å². The molecule has 0 radical (unpaired) electrons. The zero-order chi connectivity index (χ0) is 28.0. The maximum absolute atomic E-state index is 13.6.